The maximum absolute atomic E-state index is 11.5. The lowest BCUT2D eigenvalue weighted by molar-refractivity contribution is -0.149. The molecule has 0 aliphatic heterocycles. The van der Waals surface area contributed by atoms with Crippen LogP contribution in [0.25, 0.3) is 0 Å². The predicted molar refractivity (Wildman–Crippen MR) is 63.2 cm³/mol. The fraction of sp³-hybridized carbons (Fsp3) is 0.417. The summed E-state index contributed by atoms with van der Waals surface area (Å²) < 4.78 is 9.37. The first-order valence-electron chi connectivity index (χ1n) is 5.33. The van der Waals surface area contributed by atoms with Gasteiger partial charge in [0, 0.05) is 5.57 Å². The van der Waals surface area contributed by atoms with E-state index in [1.165, 1.54) is 6.08 Å². The van der Waals surface area contributed by atoms with Crippen molar-refractivity contribution >= 4 is 18.0 Å². The van der Waals surface area contributed by atoms with E-state index in [1.807, 2.05) is 0 Å². The van der Waals surface area contributed by atoms with Gasteiger partial charge in [0.05, 0.1) is 6.54 Å². The zero-order chi connectivity index (χ0) is 14.0. The molecular weight excluding hydrogens is 238 g/mol. The average Bonchev–Trinajstić information content (AvgIpc) is 2.35. The molecule has 0 N–H and O–H groups in total. The average molecular weight is 253 g/mol. The van der Waals surface area contributed by atoms with E-state index in [0.29, 0.717) is 12.0 Å². The van der Waals surface area contributed by atoms with Crippen LogP contribution in [0.3, 0.4) is 0 Å². The summed E-state index contributed by atoms with van der Waals surface area (Å²) in [7, 11) is 0. The monoisotopic (exact) mass is 253 g/mol. The highest BCUT2D eigenvalue weighted by molar-refractivity contribution is 5.94. The molecule has 0 unspecified atom stereocenters. The Bertz CT molecular complexity index is 405. The molecule has 0 spiro atoms. The highest BCUT2D eigenvalue weighted by Crippen LogP contribution is 2.07. The lowest BCUT2D eigenvalue weighted by Crippen LogP contribution is -2.16. The molecule has 0 aliphatic rings. The van der Waals surface area contributed by atoms with Gasteiger partial charge in [0.2, 0.25) is 11.8 Å². The molecule has 0 rings (SSSR count). The molecule has 0 atom stereocenters. The number of allylic oxidation sites excluding steroid dienone is 1. The standard InChI is InChI=1S/C12H15NO5/c1-4-10(5-2)12(16)18-9(3)11(15)17-7-6-13-8-14/h4H,3,5-7H2,1-2H3. The van der Waals surface area contributed by atoms with Crippen LogP contribution in [0.1, 0.15) is 20.3 Å². The first-order valence-corrected chi connectivity index (χ1v) is 5.33. The molecule has 0 fully saturated rings. The minimum absolute atomic E-state index is 0.00550. The molecule has 0 radical (unpaired) electrons. The zero-order valence-electron chi connectivity index (χ0n) is 10.4. The van der Waals surface area contributed by atoms with Crippen molar-refractivity contribution in [2.75, 3.05) is 13.2 Å². The summed E-state index contributed by atoms with van der Waals surface area (Å²) in [6, 6.07) is 0. The van der Waals surface area contributed by atoms with Gasteiger partial charge in [-0.05, 0) is 19.9 Å². The van der Waals surface area contributed by atoms with Crippen molar-refractivity contribution in [2.45, 2.75) is 20.3 Å². The molecule has 0 heterocycles. The third kappa shape index (κ3) is 5.77. The summed E-state index contributed by atoms with van der Waals surface area (Å²) in [5, 5.41) is 0. The molecule has 0 bridgehead atoms. The van der Waals surface area contributed by atoms with E-state index in [9.17, 15) is 14.4 Å². The van der Waals surface area contributed by atoms with Crippen LogP contribution in [-0.4, -0.2) is 31.2 Å². The van der Waals surface area contributed by atoms with Crippen molar-refractivity contribution < 1.29 is 23.9 Å². The molecule has 98 valence electrons. The number of rotatable bonds is 7. The smallest absolute Gasteiger partial charge is 0.373 e. The quantitative estimate of drug-likeness (QED) is 0.170. The summed E-state index contributed by atoms with van der Waals surface area (Å²) in [5.74, 6) is -1.90. The predicted octanol–water partition coefficient (Wildman–Crippen LogP) is 1.28. The van der Waals surface area contributed by atoms with Gasteiger partial charge in [0.15, 0.2) is 0 Å². The second-order valence-electron chi connectivity index (χ2n) is 3.09. The Morgan fingerprint density at radius 1 is 1.39 bits per heavy atom. The van der Waals surface area contributed by atoms with Crippen molar-refractivity contribution in [1.82, 2.24) is 0 Å². The van der Waals surface area contributed by atoms with Crippen LogP contribution in [-0.2, 0) is 23.9 Å². The second kappa shape index (κ2) is 8.90. The third-order valence-electron chi connectivity index (χ3n) is 1.94. The first kappa shape index (κ1) is 15.8. The molecule has 0 amide bonds. The minimum atomic E-state index is -0.865. The second-order valence-corrected chi connectivity index (χ2v) is 3.09. The Kier molecular flexibility index (Phi) is 7.81. The number of carbonyl (C=O) groups excluding carboxylic acids is 3. The number of isocyanates is 1. The summed E-state index contributed by atoms with van der Waals surface area (Å²) in [5.41, 5.74) is 0.439. The zero-order valence-corrected chi connectivity index (χ0v) is 10.4. The fourth-order valence-corrected chi connectivity index (χ4v) is 0.996. The van der Waals surface area contributed by atoms with Gasteiger partial charge in [0.1, 0.15) is 6.61 Å². The Balaban J connectivity index is 4.20. The van der Waals surface area contributed by atoms with Gasteiger partial charge in [-0.3, -0.25) is 0 Å². The molecule has 0 saturated heterocycles. The van der Waals surface area contributed by atoms with E-state index in [1.54, 1.807) is 19.9 Å². The van der Waals surface area contributed by atoms with E-state index < -0.39 is 17.7 Å². The van der Waals surface area contributed by atoms with Crippen molar-refractivity contribution in [1.29, 1.82) is 0 Å². The van der Waals surface area contributed by atoms with Gasteiger partial charge in [-0.1, -0.05) is 13.0 Å². The van der Waals surface area contributed by atoms with Crippen LogP contribution in [0.2, 0.25) is 0 Å². The maximum Gasteiger partial charge on any atom is 0.373 e. The Labute approximate surface area is 105 Å². The maximum atomic E-state index is 11.5. The minimum Gasteiger partial charge on any atom is -0.458 e. The Hall–Kier alpha value is -2.20. The van der Waals surface area contributed by atoms with Gasteiger partial charge in [-0.2, -0.15) is 0 Å². The van der Waals surface area contributed by atoms with E-state index in [4.69, 9.17) is 4.74 Å². The van der Waals surface area contributed by atoms with Gasteiger partial charge in [-0.15, -0.1) is 0 Å². The number of ether oxygens (including phenoxy) is 2. The number of aliphatic imine (C=N–C) groups is 1. The number of hydrogen-bond acceptors (Lipinski definition) is 6. The molecule has 0 aromatic heterocycles. The van der Waals surface area contributed by atoms with Crippen molar-refractivity contribution in [3.63, 3.8) is 0 Å². The van der Waals surface area contributed by atoms with Gasteiger partial charge in [0.25, 0.3) is 0 Å². The van der Waals surface area contributed by atoms with Crippen molar-refractivity contribution in [3.05, 3.63) is 24.0 Å². The van der Waals surface area contributed by atoms with Crippen LogP contribution >= 0.6 is 0 Å². The fourth-order valence-electron chi connectivity index (χ4n) is 0.996. The summed E-state index contributed by atoms with van der Waals surface area (Å²) in [6.45, 7) is 6.67. The van der Waals surface area contributed by atoms with Crippen molar-refractivity contribution in [2.24, 2.45) is 4.99 Å². The molecular formula is C12H15NO5. The normalized spacial score (nSPS) is 10.2. The lowest BCUT2D eigenvalue weighted by atomic mass is 10.2. The van der Waals surface area contributed by atoms with Gasteiger partial charge >= 0.3 is 11.9 Å². The van der Waals surface area contributed by atoms with Crippen LogP contribution in [0.15, 0.2) is 29.0 Å². The molecule has 0 saturated carbocycles. The summed E-state index contributed by atoms with van der Waals surface area (Å²) >= 11 is 0. The van der Waals surface area contributed by atoms with E-state index >= 15 is 0 Å². The van der Waals surface area contributed by atoms with E-state index in [0.717, 1.165) is 0 Å². The van der Waals surface area contributed by atoms with Crippen LogP contribution < -0.4 is 0 Å². The molecule has 0 aliphatic carbocycles. The van der Waals surface area contributed by atoms with Crippen LogP contribution in [0.5, 0.6) is 0 Å². The molecule has 6 heteroatoms. The Morgan fingerprint density at radius 3 is 2.56 bits per heavy atom. The van der Waals surface area contributed by atoms with Crippen LogP contribution in [0.4, 0.5) is 0 Å². The van der Waals surface area contributed by atoms with Gasteiger partial charge < -0.3 is 9.47 Å². The lowest BCUT2D eigenvalue weighted by Gasteiger charge is -2.07. The highest BCUT2D eigenvalue weighted by atomic mass is 16.6. The van der Waals surface area contributed by atoms with E-state index in [-0.39, 0.29) is 13.2 Å². The molecule has 6 nitrogen and oxygen atoms in total. The number of hydrogen-bond donors (Lipinski definition) is 0. The summed E-state index contributed by atoms with van der Waals surface area (Å²) in [6.07, 6.45) is 3.39. The van der Waals surface area contributed by atoms with Crippen molar-refractivity contribution in [3.8, 4) is 0 Å². The molecule has 0 aromatic carbocycles. The highest BCUT2D eigenvalue weighted by Gasteiger charge is 2.16. The van der Waals surface area contributed by atoms with E-state index in [2.05, 4.69) is 16.3 Å². The molecule has 0 aromatic rings. The first-order chi connectivity index (χ1) is 8.56. The number of nitrogens with zero attached hydrogens (tertiary/aromatic N) is 1. The molecule has 18 heavy (non-hydrogen) atoms. The Morgan fingerprint density at radius 2 is 2.06 bits per heavy atom. The number of esters is 2. The topological polar surface area (TPSA) is 82.0 Å². The van der Waals surface area contributed by atoms with Gasteiger partial charge in [-0.25, -0.2) is 19.4 Å². The largest absolute Gasteiger partial charge is 0.458 e. The van der Waals surface area contributed by atoms with Crippen LogP contribution in [0, 0.1) is 0 Å². The SMILES string of the molecule is C=C(OC(=O)C(=CC)CC)C(=O)OCCN=C=O. The summed E-state index contributed by atoms with van der Waals surface area (Å²) in [4.78, 5) is 35.7. The number of carbonyl (C=O) groups is 2. The third-order valence-corrected chi connectivity index (χ3v) is 1.94.